The molecule has 17 heavy (non-hydrogen) atoms. The molecule has 0 fully saturated rings. The van der Waals surface area contributed by atoms with E-state index in [1.54, 1.807) is 0 Å². The van der Waals surface area contributed by atoms with Crippen molar-refractivity contribution in [3.8, 4) is 0 Å². The van der Waals surface area contributed by atoms with Crippen molar-refractivity contribution in [2.45, 2.75) is 34.1 Å². The van der Waals surface area contributed by atoms with E-state index >= 15 is 0 Å². The van der Waals surface area contributed by atoms with Crippen molar-refractivity contribution < 1.29 is 4.79 Å². The largest absolute Gasteiger partial charge is 0.355 e. The highest BCUT2D eigenvalue weighted by Gasteiger charge is 2.11. The van der Waals surface area contributed by atoms with Gasteiger partial charge < -0.3 is 15.5 Å². The fourth-order valence-electron chi connectivity index (χ4n) is 1.71. The fraction of sp³-hybridized carbons (Fsp3) is 0.923. The van der Waals surface area contributed by atoms with Crippen LogP contribution in [0.5, 0.6) is 0 Å². The lowest BCUT2D eigenvalue weighted by atomic mass is 10.1. The van der Waals surface area contributed by atoms with Crippen molar-refractivity contribution in [1.82, 2.24) is 15.5 Å². The Morgan fingerprint density at radius 1 is 1.24 bits per heavy atom. The summed E-state index contributed by atoms with van der Waals surface area (Å²) in [5, 5.41) is 6.18. The minimum atomic E-state index is 0.0520. The van der Waals surface area contributed by atoms with Crippen LogP contribution in [0.1, 0.15) is 34.1 Å². The first kappa shape index (κ1) is 16.4. The summed E-state index contributed by atoms with van der Waals surface area (Å²) in [5.74, 6) is 0.203. The molecule has 0 aliphatic heterocycles. The Morgan fingerprint density at radius 3 is 2.47 bits per heavy atom. The molecule has 4 nitrogen and oxygen atoms in total. The molecule has 1 amide bonds. The van der Waals surface area contributed by atoms with Crippen LogP contribution in [-0.4, -0.2) is 50.1 Å². The van der Waals surface area contributed by atoms with Crippen molar-refractivity contribution in [3.05, 3.63) is 0 Å². The van der Waals surface area contributed by atoms with Crippen LogP contribution in [0.2, 0.25) is 0 Å². The molecule has 0 saturated carbocycles. The van der Waals surface area contributed by atoms with Crippen molar-refractivity contribution >= 4 is 5.91 Å². The predicted molar refractivity (Wildman–Crippen MR) is 73.1 cm³/mol. The molecule has 1 atom stereocenters. The molecule has 1 unspecified atom stereocenters. The average molecular weight is 243 g/mol. The van der Waals surface area contributed by atoms with Gasteiger partial charge in [-0.25, -0.2) is 0 Å². The fourth-order valence-corrected chi connectivity index (χ4v) is 1.71. The van der Waals surface area contributed by atoms with Gasteiger partial charge in [-0.3, -0.25) is 4.79 Å². The third-order valence-electron chi connectivity index (χ3n) is 2.86. The number of nitrogens with zero attached hydrogens (tertiary/aromatic N) is 1. The predicted octanol–water partition coefficient (Wildman–Crippen LogP) is 1.08. The molecule has 0 aliphatic rings. The summed E-state index contributed by atoms with van der Waals surface area (Å²) in [6, 6.07) is 0. The van der Waals surface area contributed by atoms with Gasteiger partial charge in [0.25, 0.3) is 0 Å². The van der Waals surface area contributed by atoms with E-state index in [9.17, 15) is 4.79 Å². The topological polar surface area (TPSA) is 44.4 Å². The van der Waals surface area contributed by atoms with Crippen LogP contribution in [-0.2, 0) is 4.79 Å². The van der Waals surface area contributed by atoms with Gasteiger partial charge in [0, 0.05) is 25.6 Å². The lowest BCUT2D eigenvalue weighted by Crippen LogP contribution is -2.39. The van der Waals surface area contributed by atoms with Gasteiger partial charge in [0.2, 0.25) is 5.91 Å². The first-order valence-electron chi connectivity index (χ1n) is 6.86. The summed E-state index contributed by atoms with van der Waals surface area (Å²) in [4.78, 5) is 14.1. The molecule has 0 saturated heterocycles. The smallest absolute Gasteiger partial charge is 0.224 e. The van der Waals surface area contributed by atoms with Gasteiger partial charge >= 0.3 is 0 Å². The van der Waals surface area contributed by atoms with Gasteiger partial charge in [-0.2, -0.15) is 0 Å². The molecular formula is C13H29N3O. The monoisotopic (exact) mass is 243 g/mol. The normalized spacial score (nSPS) is 12.8. The van der Waals surface area contributed by atoms with E-state index in [0.717, 1.165) is 39.3 Å². The van der Waals surface area contributed by atoms with E-state index < -0.39 is 0 Å². The Balaban J connectivity index is 3.68. The van der Waals surface area contributed by atoms with Crippen LogP contribution in [0.15, 0.2) is 0 Å². The maximum absolute atomic E-state index is 11.7. The van der Waals surface area contributed by atoms with Crippen LogP contribution in [0.3, 0.4) is 0 Å². The number of amides is 1. The standard InChI is InChI=1S/C13H29N3O/c1-5-9-16(7-3)10-8-15-13(17)12(4)11-14-6-2/h12,14H,5-11H2,1-4H3,(H,15,17). The summed E-state index contributed by atoms with van der Waals surface area (Å²) in [5.41, 5.74) is 0. The highest BCUT2D eigenvalue weighted by molar-refractivity contribution is 5.78. The molecule has 4 heteroatoms. The quantitative estimate of drug-likeness (QED) is 0.603. The van der Waals surface area contributed by atoms with Crippen LogP contribution in [0.4, 0.5) is 0 Å². The molecular weight excluding hydrogens is 214 g/mol. The minimum absolute atomic E-state index is 0.0520. The summed E-state index contributed by atoms with van der Waals surface area (Å²) in [7, 11) is 0. The van der Waals surface area contributed by atoms with E-state index in [4.69, 9.17) is 0 Å². The second-order valence-corrected chi connectivity index (χ2v) is 4.43. The number of rotatable bonds is 10. The van der Waals surface area contributed by atoms with Crippen LogP contribution in [0, 0.1) is 5.92 Å². The molecule has 0 aromatic carbocycles. The highest BCUT2D eigenvalue weighted by Crippen LogP contribution is 1.93. The van der Waals surface area contributed by atoms with Gasteiger partial charge in [0.1, 0.15) is 0 Å². The SMILES string of the molecule is CCCN(CC)CCNC(=O)C(C)CNCC. The maximum Gasteiger partial charge on any atom is 0.224 e. The van der Waals surface area contributed by atoms with Crippen molar-refractivity contribution in [1.29, 1.82) is 0 Å². The second-order valence-electron chi connectivity index (χ2n) is 4.43. The zero-order valence-corrected chi connectivity index (χ0v) is 11.9. The molecule has 0 aromatic heterocycles. The Kier molecular flexibility index (Phi) is 10.2. The molecule has 0 bridgehead atoms. The Labute approximate surface area is 106 Å². The molecule has 0 spiro atoms. The molecule has 102 valence electrons. The molecule has 0 radical (unpaired) electrons. The summed E-state index contributed by atoms with van der Waals surface area (Å²) in [6.07, 6.45) is 1.17. The third kappa shape index (κ3) is 8.16. The average Bonchev–Trinajstić information content (AvgIpc) is 2.34. The first-order valence-corrected chi connectivity index (χ1v) is 6.86. The number of hydrogen-bond acceptors (Lipinski definition) is 3. The van der Waals surface area contributed by atoms with E-state index in [2.05, 4.69) is 36.3 Å². The second kappa shape index (κ2) is 10.5. The Bertz CT molecular complexity index is 197. The Morgan fingerprint density at radius 2 is 1.94 bits per heavy atom. The van der Waals surface area contributed by atoms with E-state index in [-0.39, 0.29) is 11.8 Å². The molecule has 0 aliphatic carbocycles. The number of carbonyl (C=O) groups excluding carboxylic acids is 1. The van der Waals surface area contributed by atoms with Crippen LogP contribution < -0.4 is 10.6 Å². The lowest BCUT2D eigenvalue weighted by molar-refractivity contribution is -0.124. The Hall–Kier alpha value is -0.610. The number of hydrogen-bond donors (Lipinski definition) is 2. The van der Waals surface area contributed by atoms with Gasteiger partial charge in [-0.1, -0.05) is 27.7 Å². The lowest BCUT2D eigenvalue weighted by Gasteiger charge is -2.20. The summed E-state index contributed by atoms with van der Waals surface area (Å²) in [6.45, 7) is 13.9. The van der Waals surface area contributed by atoms with Crippen molar-refractivity contribution in [2.24, 2.45) is 5.92 Å². The first-order chi connectivity index (χ1) is 8.15. The van der Waals surface area contributed by atoms with Gasteiger partial charge in [-0.15, -0.1) is 0 Å². The molecule has 0 heterocycles. The highest BCUT2D eigenvalue weighted by atomic mass is 16.1. The van der Waals surface area contributed by atoms with Gasteiger partial charge in [-0.05, 0) is 26.1 Å². The number of likely N-dealkylation sites (N-methyl/N-ethyl adjacent to an activating group) is 1. The zero-order chi connectivity index (χ0) is 13.1. The van der Waals surface area contributed by atoms with Crippen molar-refractivity contribution in [2.75, 3.05) is 39.3 Å². The van der Waals surface area contributed by atoms with Crippen molar-refractivity contribution in [3.63, 3.8) is 0 Å². The van der Waals surface area contributed by atoms with Gasteiger partial charge in [0.15, 0.2) is 0 Å². The zero-order valence-electron chi connectivity index (χ0n) is 11.9. The summed E-state index contributed by atoms with van der Waals surface area (Å²) < 4.78 is 0. The van der Waals surface area contributed by atoms with E-state index in [0.29, 0.717) is 0 Å². The number of carbonyl (C=O) groups is 1. The molecule has 0 rings (SSSR count). The summed E-state index contributed by atoms with van der Waals surface area (Å²) >= 11 is 0. The van der Waals surface area contributed by atoms with E-state index in [1.807, 2.05) is 6.92 Å². The molecule has 2 N–H and O–H groups in total. The van der Waals surface area contributed by atoms with Crippen LogP contribution >= 0.6 is 0 Å². The van der Waals surface area contributed by atoms with E-state index in [1.165, 1.54) is 6.42 Å². The maximum atomic E-state index is 11.7. The molecule has 0 aromatic rings. The third-order valence-corrected chi connectivity index (χ3v) is 2.86. The number of nitrogens with one attached hydrogen (secondary N) is 2. The van der Waals surface area contributed by atoms with Crippen LogP contribution in [0.25, 0.3) is 0 Å². The minimum Gasteiger partial charge on any atom is -0.355 e. The van der Waals surface area contributed by atoms with Gasteiger partial charge in [0.05, 0.1) is 0 Å².